The summed E-state index contributed by atoms with van der Waals surface area (Å²) in [4.78, 5) is 1.91. The zero-order chi connectivity index (χ0) is 13.8. The van der Waals surface area contributed by atoms with Crippen molar-refractivity contribution in [3.8, 4) is 0 Å². The Morgan fingerprint density at radius 2 is 2.00 bits per heavy atom. The summed E-state index contributed by atoms with van der Waals surface area (Å²) in [6, 6.07) is 6.28. The molecule has 2 nitrogen and oxygen atoms in total. The minimum absolute atomic E-state index is 0.0720. The van der Waals surface area contributed by atoms with Crippen molar-refractivity contribution in [3.05, 3.63) is 58.0 Å². The molecule has 0 N–H and O–H groups in total. The van der Waals surface area contributed by atoms with Crippen LogP contribution in [-0.2, 0) is 13.1 Å². The highest BCUT2D eigenvalue weighted by molar-refractivity contribution is 9.10. The number of nitrogens with zero attached hydrogens (tertiary/aromatic N) is 1. The summed E-state index contributed by atoms with van der Waals surface area (Å²) >= 11 is 3.07. The molecule has 0 atom stereocenters. The van der Waals surface area contributed by atoms with Crippen LogP contribution in [0.1, 0.15) is 18.2 Å². The third-order valence-electron chi connectivity index (χ3n) is 2.93. The summed E-state index contributed by atoms with van der Waals surface area (Å²) in [6.07, 6.45) is 1.59. The molecule has 0 bridgehead atoms. The van der Waals surface area contributed by atoms with E-state index in [2.05, 4.69) is 15.9 Å². The lowest BCUT2D eigenvalue weighted by Gasteiger charge is -2.20. The summed E-state index contributed by atoms with van der Waals surface area (Å²) in [6.45, 7) is 3.34. The molecule has 19 heavy (non-hydrogen) atoms. The molecule has 0 amide bonds. The second-order valence-corrected chi connectivity index (χ2v) is 5.06. The van der Waals surface area contributed by atoms with Crippen molar-refractivity contribution in [1.29, 1.82) is 0 Å². The lowest BCUT2D eigenvalue weighted by molar-refractivity contribution is 0.240. The van der Waals surface area contributed by atoms with Crippen molar-refractivity contribution in [2.24, 2.45) is 0 Å². The minimum Gasteiger partial charge on any atom is -0.468 e. The molecule has 2 rings (SSSR count). The number of hydrogen-bond acceptors (Lipinski definition) is 2. The van der Waals surface area contributed by atoms with Gasteiger partial charge in [0, 0.05) is 12.1 Å². The highest BCUT2D eigenvalue weighted by Gasteiger charge is 2.16. The third-order valence-corrected chi connectivity index (χ3v) is 3.54. The molecule has 0 radical (unpaired) electrons. The predicted octanol–water partition coefficient (Wildman–Crippen LogP) is 4.34. The van der Waals surface area contributed by atoms with Crippen molar-refractivity contribution >= 4 is 15.9 Å². The predicted molar refractivity (Wildman–Crippen MR) is 72.6 cm³/mol. The quantitative estimate of drug-likeness (QED) is 0.758. The molecule has 0 saturated carbocycles. The summed E-state index contributed by atoms with van der Waals surface area (Å²) in [7, 11) is 0. The SMILES string of the molecule is CCN(Cc1ccco1)Cc1c(F)ccc(Br)c1F. The summed E-state index contributed by atoms with van der Waals surface area (Å²) in [5, 5.41) is 0. The third kappa shape index (κ3) is 3.42. The molecule has 0 unspecified atom stereocenters. The van der Waals surface area contributed by atoms with Gasteiger partial charge in [0.2, 0.25) is 0 Å². The fourth-order valence-electron chi connectivity index (χ4n) is 1.84. The Labute approximate surface area is 119 Å². The molecule has 1 aromatic heterocycles. The standard InChI is InChI=1S/C14H14BrF2NO/c1-2-18(8-10-4-3-7-19-10)9-11-13(16)6-5-12(15)14(11)17/h3-7H,2,8-9H2,1H3. The van der Waals surface area contributed by atoms with E-state index in [1.165, 1.54) is 12.1 Å². The van der Waals surface area contributed by atoms with Crippen LogP contribution in [0.2, 0.25) is 0 Å². The van der Waals surface area contributed by atoms with E-state index < -0.39 is 11.6 Å². The number of rotatable bonds is 5. The lowest BCUT2D eigenvalue weighted by atomic mass is 10.2. The van der Waals surface area contributed by atoms with E-state index in [-0.39, 0.29) is 16.6 Å². The van der Waals surface area contributed by atoms with Crippen LogP contribution in [0.25, 0.3) is 0 Å². The van der Waals surface area contributed by atoms with Gasteiger partial charge in [-0.3, -0.25) is 4.90 Å². The Balaban J connectivity index is 2.16. The van der Waals surface area contributed by atoms with Crippen LogP contribution in [0.3, 0.4) is 0 Å². The largest absolute Gasteiger partial charge is 0.468 e. The van der Waals surface area contributed by atoms with Gasteiger partial charge in [0.05, 0.1) is 17.3 Å². The smallest absolute Gasteiger partial charge is 0.144 e. The summed E-state index contributed by atoms with van der Waals surface area (Å²) in [5.41, 5.74) is 0.0720. The fourth-order valence-corrected chi connectivity index (χ4v) is 2.21. The van der Waals surface area contributed by atoms with Crippen molar-refractivity contribution in [1.82, 2.24) is 4.90 Å². The van der Waals surface area contributed by atoms with Crippen LogP contribution >= 0.6 is 15.9 Å². The highest BCUT2D eigenvalue weighted by Crippen LogP contribution is 2.23. The average molecular weight is 330 g/mol. The van der Waals surface area contributed by atoms with Crippen LogP contribution < -0.4 is 0 Å². The molecule has 0 fully saturated rings. The van der Waals surface area contributed by atoms with Crippen molar-refractivity contribution in [2.75, 3.05) is 6.54 Å². The monoisotopic (exact) mass is 329 g/mol. The van der Waals surface area contributed by atoms with Gasteiger partial charge in [0.15, 0.2) is 0 Å². The number of hydrogen-bond donors (Lipinski definition) is 0. The molecule has 0 aliphatic rings. The first-order valence-electron chi connectivity index (χ1n) is 5.99. The Kier molecular flexibility index (Phi) is 4.71. The highest BCUT2D eigenvalue weighted by atomic mass is 79.9. The first kappa shape index (κ1) is 14.2. The van der Waals surface area contributed by atoms with Crippen LogP contribution in [0.15, 0.2) is 39.4 Å². The van der Waals surface area contributed by atoms with Gasteiger partial charge in [-0.25, -0.2) is 8.78 Å². The summed E-state index contributed by atoms with van der Waals surface area (Å²) < 4.78 is 33.1. The molecular formula is C14H14BrF2NO. The number of benzene rings is 1. The van der Waals surface area contributed by atoms with Crippen LogP contribution in [0.4, 0.5) is 8.78 Å². The zero-order valence-electron chi connectivity index (χ0n) is 10.5. The minimum atomic E-state index is -0.544. The first-order chi connectivity index (χ1) is 9.11. The zero-order valence-corrected chi connectivity index (χ0v) is 12.1. The van der Waals surface area contributed by atoms with Crippen LogP contribution in [-0.4, -0.2) is 11.4 Å². The maximum atomic E-state index is 13.9. The first-order valence-corrected chi connectivity index (χ1v) is 6.78. The summed E-state index contributed by atoms with van der Waals surface area (Å²) in [5.74, 6) is -0.297. The second-order valence-electron chi connectivity index (χ2n) is 4.20. The van der Waals surface area contributed by atoms with Crippen LogP contribution in [0.5, 0.6) is 0 Å². The van der Waals surface area contributed by atoms with Gasteiger partial charge >= 0.3 is 0 Å². The molecular weight excluding hydrogens is 316 g/mol. The van der Waals surface area contributed by atoms with Gasteiger partial charge in [-0.05, 0) is 46.7 Å². The lowest BCUT2D eigenvalue weighted by Crippen LogP contribution is -2.23. The van der Waals surface area contributed by atoms with Crippen molar-refractivity contribution < 1.29 is 13.2 Å². The second kappa shape index (κ2) is 6.30. The Morgan fingerprint density at radius 1 is 1.21 bits per heavy atom. The van der Waals surface area contributed by atoms with Gasteiger partial charge in [0.25, 0.3) is 0 Å². The molecule has 0 saturated heterocycles. The Bertz CT molecular complexity index is 543. The van der Waals surface area contributed by atoms with Gasteiger partial charge in [-0.2, -0.15) is 0 Å². The van der Waals surface area contributed by atoms with E-state index >= 15 is 0 Å². The number of furan rings is 1. The maximum absolute atomic E-state index is 13.9. The molecule has 0 aliphatic carbocycles. The van der Waals surface area contributed by atoms with Gasteiger partial charge in [-0.15, -0.1) is 0 Å². The Hall–Kier alpha value is -1.20. The van der Waals surface area contributed by atoms with Crippen molar-refractivity contribution in [2.45, 2.75) is 20.0 Å². The van der Waals surface area contributed by atoms with Gasteiger partial charge in [0.1, 0.15) is 17.4 Å². The fraction of sp³-hybridized carbons (Fsp3) is 0.286. The Morgan fingerprint density at radius 3 is 2.63 bits per heavy atom. The molecule has 0 spiro atoms. The molecule has 0 aliphatic heterocycles. The van der Waals surface area contributed by atoms with E-state index in [0.29, 0.717) is 13.1 Å². The van der Waals surface area contributed by atoms with E-state index in [1.807, 2.05) is 17.9 Å². The molecule has 1 heterocycles. The van der Waals surface area contributed by atoms with E-state index in [1.54, 1.807) is 12.3 Å². The maximum Gasteiger partial charge on any atom is 0.144 e. The van der Waals surface area contributed by atoms with E-state index in [0.717, 1.165) is 5.76 Å². The molecule has 1 aromatic carbocycles. The normalized spacial score (nSPS) is 11.2. The van der Waals surface area contributed by atoms with Crippen molar-refractivity contribution in [3.63, 3.8) is 0 Å². The van der Waals surface area contributed by atoms with E-state index in [9.17, 15) is 8.78 Å². The van der Waals surface area contributed by atoms with Gasteiger partial charge in [-0.1, -0.05) is 6.92 Å². The molecule has 102 valence electrons. The van der Waals surface area contributed by atoms with Gasteiger partial charge < -0.3 is 4.42 Å². The number of halogens is 3. The van der Waals surface area contributed by atoms with E-state index in [4.69, 9.17) is 4.42 Å². The average Bonchev–Trinajstić information content (AvgIpc) is 2.90. The molecule has 5 heteroatoms. The molecule has 2 aromatic rings. The van der Waals surface area contributed by atoms with Crippen LogP contribution in [0, 0.1) is 11.6 Å². The topological polar surface area (TPSA) is 16.4 Å².